The fraction of sp³-hybridized carbons (Fsp3) is 0.368. The van der Waals surface area contributed by atoms with Gasteiger partial charge in [-0.05, 0) is 54.8 Å². The lowest BCUT2D eigenvalue weighted by molar-refractivity contribution is -0.118. The van der Waals surface area contributed by atoms with Crippen molar-refractivity contribution < 1.29 is 33.6 Å². The van der Waals surface area contributed by atoms with E-state index in [1.165, 1.54) is 0 Å². The third-order valence-electron chi connectivity index (χ3n) is 8.65. The monoisotopic (exact) mass is 681 g/mol. The summed E-state index contributed by atoms with van der Waals surface area (Å²) in [6.45, 7) is 7.38. The van der Waals surface area contributed by atoms with Gasteiger partial charge in [-0.25, -0.2) is 4.98 Å². The van der Waals surface area contributed by atoms with Crippen molar-refractivity contribution >= 4 is 23.0 Å². The maximum Gasteiger partial charge on any atom is 0.247 e. The molecule has 2 aromatic heterocycles. The first-order valence-electron chi connectivity index (χ1n) is 16.7. The van der Waals surface area contributed by atoms with Gasteiger partial charge in [-0.15, -0.1) is 0 Å². The molecule has 0 saturated carbocycles. The van der Waals surface area contributed by atoms with E-state index in [4.69, 9.17) is 23.7 Å². The van der Waals surface area contributed by atoms with E-state index in [2.05, 4.69) is 20.3 Å². The molecule has 0 bridgehead atoms. The van der Waals surface area contributed by atoms with Crippen LogP contribution in [0.3, 0.4) is 0 Å². The predicted octanol–water partition coefficient (Wildman–Crippen LogP) is 5.88. The van der Waals surface area contributed by atoms with Gasteiger partial charge in [-0.1, -0.05) is 68.4 Å². The van der Waals surface area contributed by atoms with Gasteiger partial charge in [0.1, 0.15) is 29.4 Å². The third kappa shape index (κ3) is 7.00. The molecule has 3 atom stereocenters. The number of imidazole rings is 1. The highest BCUT2D eigenvalue weighted by molar-refractivity contribution is 5.91. The fourth-order valence-corrected chi connectivity index (χ4v) is 6.03. The van der Waals surface area contributed by atoms with Crippen LogP contribution in [0.2, 0.25) is 0 Å². The number of carbonyl (C=O) groups excluding carboxylic acids is 1. The number of aromatic nitrogens is 4. The molecular formula is C38H43N5O7. The Morgan fingerprint density at radius 1 is 0.920 bits per heavy atom. The number of benzene rings is 3. The van der Waals surface area contributed by atoms with Gasteiger partial charge in [0.2, 0.25) is 17.7 Å². The lowest BCUT2D eigenvalue weighted by atomic mass is 9.80. The molecule has 5 aromatic rings. The fourth-order valence-electron chi connectivity index (χ4n) is 6.03. The zero-order valence-corrected chi connectivity index (χ0v) is 29.1. The highest BCUT2D eigenvalue weighted by Gasteiger charge is 2.42. The molecule has 6 rings (SSSR count). The van der Waals surface area contributed by atoms with Crippen LogP contribution in [0.25, 0.3) is 11.2 Å². The molecule has 262 valence electrons. The molecule has 3 heterocycles. The number of hydrogen-bond acceptors (Lipinski definition) is 10. The molecule has 0 aliphatic carbocycles. The minimum atomic E-state index is -1.08. The number of aliphatic hydroxyl groups is 1. The molecule has 1 aliphatic rings. The van der Waals surface area contributed by atoms with Crippen LogP contribution in [0.5, 0.6) is 17.4 Å². The molecule has 1 saturated heterocycles. The summed E-state index contributed by atoms with van der Waals surface area (Å²) in [7, 11) is 3.26. The van der Waals surface area contributed by atoms with Crippen molar-refractivity contribution in [2.45, 2.75) is 64.3 Å². The normalized spacial score (nSPS) is 17.7. The number of hydrogen-bond donors (Lipinski definition) is 2. The zero-order chi connectivity index (χ0) is 35.4. The third-order valence-corrected chi connectivity index (χ3v) is 8.65. The van der Waals surface area contributed by atoms with E-state index in [-0.39, 0.29) is 42.8 Å². The predicted molar refractivity (Wildman–Crippen MR) is 187 cm³/mol. The van der Waals surface area contributed by atoms with Gasteiger partial charge in [0.25, 0.3) is 0 Å². The standard InChI is InChI=1S/C38H43N5O7/c1-23(2)35(45)41-37-40-34-33(36(42-37)49-24(3)4)39-22-43(34)32-20-30(44)31(50-32)21-48-38(25-10-8-7-9-11-25,26-12-16-28(46-5)17-13-26)27-14-18-29(47-6)19-15-27/h7-19,22-24,30-32,44H,20-21H2,1-6H3,(H,40,41,42,45)/t30-,31+,32+/m0/s1. The largest absolute Gasteiger partial charge is 0.497 e. The van der Waals surface area contributed by atoms with E-state index in [1.807, 2.05) is 92.7 Å². The Bertz CT molecular complexity index is 1850. The van der Waals surface area contributed by atoms with Crippen molar-refractivity contribution in [3.63, 3.8) is 0 Å². The number of methoxy groups -OCH3 is 2. The number of amides is 1. The summed E-state index contributed by atoms with van der Waals surface area (Å²) in [5.41, 5.74) is 2.37. The molecule has 12 nitrogen and oxygen atoms in total. The summed E-state index contributed by atoms with van der Waals surface area (Å²) in [4.78, 5) is 26.1. The van der Waals surface area contributed by atoms with E-state index in [0.717, 1.165) is 16.7 Å². The molecule has 0 unspecified atom stereocenters. The topological polar surface area (TPSA) is 139 Å². The number of aliphatic hydroxyl groups excluding tert-OH is 1. The number of fused-ring (bicyclic) bond motifs is 1. The maximum atomic E-state index is 12.5. The van der Waals surface area contributed by atoms with E-state index >= 15 is 0 Å². The molecule has 1 aliphatic heterocycles. The summed E-state index contributed by atoms with van der Waals surface area (Å²) < 4.78 is 32.1. The number of anilines is 1. The Kier molecular flexibility index (Phi) is 10.3. The van der Waals surface area contributed by atoms with Gasteiger partial charge >= 0.3 is 0 Å². The SMILES string of the molecule is COc1ccc(C(OC[C@H]2O[C@@H](n3cnc4c(OC(C)C)nc(NC(=O)C(C)C)nc43)C[C@@H]2O)(c2ccccc2)c2ccc(OC)cc2)cc1. The second-order valence-corrected chi connectivity index (χ2v) is 12.7. The Balaban J connectivity index is 1.34. The quantitative estimate of drug-likeness (QED) is 0.145. The molecule has 0 radical (unpaired) electrons. The van der Waals surface area contributed by atoms with Crippen LogP contribution in [-0.2, 0) is 19.9 Å². The van der Waals surface area contributed by atoms with Crippen molar-refractivity contribution in [3.05, 3.63) is 102 Å². The second-order valence-electron chi connectivity index (χ2n) is 12.7. The first-order chi connectivity index (χ1) is 24.1. The van der Waals surface area contributed by atoms with Crippen LogP contribution in [0.4, 0.5) is 5.95 Å². The molecular weight excluding hydrogens is 638 g/mol. The van der Waals surface area contributed by atoms with Crippen molar-refractivity contribution in [2.24, 2.45) is 5.92 Å². The number of carbonyl (C=O) groups is 1. The highest BCUT2D eigenvalue weighted by Crippen LogP contribution is 2.43. The van der Waals surface area contributed by atoms with E-state index in [0.29, 0.717) is 22.7 Å². The van der Waals surface area contributed by atoms with Crippen LogP contribution in [-0.4, -0.2) is 69.7 Å². The van der Waals surface area contributed by atoms with Crippen LogP contribution in [0, 0.1) is 5.92 Å². The highest BCUT2D eigenvalue weighted by atomic mass is 16.6. The van der Waals surface area contributed by atoms with Crippen molar-refractivity contribution in [1.29, 1.82) is 0 Å². The summed E-state index contributed by atoms with van der Waals surface area (Å²) in [5, 5.41) is 14.2. The van der Waals surface area contributed by atoms with Gasteiger partial charge in [-0.2, -0.15) is 9.97 Å². The lowest BCUT2D eigenvalue weighted by Gasteiger charge is -2.37. The Morgan fingerprint density at radius 3 is 2.08 bits per heavy atom. The van der Waals surface area contributed by atoms with Gasteiger partial charge < -0.3 is 28.8 Å². The molecule has 50 heavy (non-hydrogen) atoms. The first-order valence-corrected chi connectivity index (χ1v) is 16.7. The molecule has 1 fully saturated rings. The molecule has 0 spiro atoms. The number of ether oxygens (including phenoxy) is 5. The molecule has 3 aromatic carbocycles. The summed E-state index contributed by atoms with van der Waals surface area (Å²) in [6.07, 6.45) is -0.562. The van der Waals surface area contributed by atoms with E-state index < -0.39 is 24.0 Å². The number of nitrogens with one attached hydrogen (secondary N) is 1. The van der Waals surface area contributed by atoms with Gasteiger partial charge in [0, 0.05) is 12.3 Å². The van der Waals surface area contributed by atoms with Crippen molar-refractivity contribution in [2.75, 3.05) is 26.1 Å². The molecule has 2 N–H and O–H groups in total. The lowest BCUT2D eigenvalue weighted by Crippen LogP contribution is -2.38. The number of nitrogens with zero attached hydrogens (tertiary/aromatic N) is 4. The minimum Gasteiger partial charge on any atom is -0.497 e. The van der Waals surface area contributed by atoms with Gasteiger partial charge in [0.15, 0.2) is 11.2 Å². The summed E-state index contributed by atoms with van der Waals surface area (Å²) in [6, 6.07) is 25.5. The average molecular weight is 682 g/mol. The zero-order valence-electron chi connectivity index (χ0n) is 29.1. The van der Waals surface area contributed by atoms with Gasteiger partial charge in [0.05, 0.1) is 39.4 Å². The van der Waals surface area contributed by atoms with Crippen molar-refractivity contribution in [1.82, 2.24) is 19.5 Å². The Labute approximate surface area is 291 Å². The maximum absolute atomic E-state index is 12.5. The van der Waals surface area contributed by atoms with Crippen molar-refractivity contribution in [3.8, 4) is 17.4 Å². The van der Waals surface area contributed by atoms with Crippen LogP contribution < -0.4 is 19.5 Å². The Morgan fingerprint density at radius 2 is 1.52 bits per heavy atom. The summed E-state index contributed by atoms with van der Waals surface area (Å²) >= 11 is 0. The van der Waals surface area contributed by atoms with Crippen LogP contribution >= 0.6 is 0 Å². The molecule has 12 heteroatoms. The molecule has 1 amide bonds. The Hall–Kier alpha value is -5.04. The average Bonchev–Trinajstić information content (AvgIpc) is 3.72. The minimum absolute atomic E-state index is 0.0453. The number of rotatable bonds is 13. The van der Waals surface area contributed by atoms with Crippen LogP contribution in [0.1, 0.15) is 57.0 Å². The summed E-state index contributed by atoms with van der Waals surface area (Å²) in [5.74, 6) is 1.26. The van der Waals surface area contributed by atoms with E-state index in [9.17, 15) is 9.90 Å². The van der Waals surface area contributed by atoms with Gasteiger partial charge in [-0.3, -0.25) is 14.7 Å². The first kappa shape index (κ1) is 34.8. The van der Waals surface area contributed by atoms with Crippen LogP contribution in [0.15, 0.2) is 85.2 Å². The van der Waals surface area contributed by atoms with E-state index in [1.54, 1.807) is 39.0 Å². The second kappa shape index (κ2) is 14.8. The smallest absolute Gasteiger partial charge is 0.247 e.